The molecular weight excluding hydrogens is 497 g/mol. The third-order valence-corrected chi connectivity index (χ3v) is 6.83. The molecular formula is C28H29Cl2N3O3. The number of benzene rings is 3. The number of piperazine rings is 1. The number of hydrogen-bond donors (Lipinski definition) is 2. The fraction of sp³-hybridized carbons (Fsp3) is 0.321. The number of halogens is 2. The van der Waals surface area contributed by atoms with Crippen molar-refractivity contribution >= 4 is 34.6 Å². The number of anilines is 1. The number of β-amino-alcohol motifs (C(OH)–C–C–N with tert-alkyl or cyclic N) is 1. The number of aliphatic hydroxyl groups is 2. The lowest BCUT2D eigenvalue weighted by Crippen LogP contribution is -2.49. The van der Waals surface area contributed by atoms with Gasteiger partial charge in [0.25, 0.3) is 0 Å². The van der Waals surface area contributed by atoms with E-state index < -0.39 is 12.2 Å². The minimum Gasteiger partial charge on any atom is -0.491 e. The SMILES string of the molecule is [C-]#[N+]c1ccc([C@@H](O)CN2CCN(c3ccc(OC[C@@H](C)O)cc3Cl)[C@H](c3ccc(Cl)cc3)C2)cc1. The van der Waals surface area contributed by atoms with Crippen molar-refractivity contribution in [2.24, 2.45) is 0 Å². The van der Waals surface area contributed by atoms with E-state index in [9.17, 15) is 10.2 Å². The minimum atomic E-state index is -0.656. The molecule has 3 atom stereocenters. The van der Waals surface area contributed by atoms with Crippen LogP contribution in [0.15, 0.2) is 66.7 Å². The zero-order chi connectivity index (χ0) is 25.7. The molecule has 1 fully saturated rings. The topological polar surface area (TPSA) is 60.5 Å². The van der Waals surface area contributed by atoms with Gasteiger partial charge in [0.05, 0.1) is 35.5 Å². The second-order valence-electron chi connectivity index (χ2n) is 9.01. The molecule has 0 spiro atoms. The lowest BCUT2D eigenvalue weighted by molar-refractivity contribution is 0.100. The Morgan fingerprint density at radius 1 is 1.03 bits per heavy atom. The maximum Gasteiger partial charge on any atom is 0.187 e. The van der Waals surface area contributed by atoms with Crippen LogP contribution in [-0.4, -0.2) is 54.0 Å². The van der Waals surface area contributed by atoms with Crippen LogP contribution in [-0.2, 0) is 0 Å². The van der Waals surface area contributed by atoms with Crippen LogP contribution in [0.25, 0.3) is 4.85 Å². The number of aliphatic hydroxyl groups excluding tert-OH is 2. The average Bonchev–Trinajstić information content (AvgIpc) is 2.88. The van der Waals surface area contributed by atoms with Crippen molar-refractivity contribution in [1.82, 2.24) is 4.90 Å². The highest BCUT2D eigenvalue weighted by molar-refractivity contribution is 6.33. The van der Waals surface area contributed by atoms with Gasteiger partial charge in [0.15, 0.2) is 5.69 Å². The normalized spacial score (nSPS) is 17.9. The van der Waals surface area contributed by atoms with Crippen LogP contribution in [0.4, 0.5) is 11.4 Å². The van der Waals surface area contributed by atoms with Crippen LogP contribution < -0.4 is 9.64 Å². The molecule has 36 heavy (non-hydrogen) atoms. The van der Waals surface area contributed by atoms with E-state index in [1.165, 1.54) is 0 Å². The number of nitrogens with zero attached hydrogens (tertiary/aromatic N) is 3. The lowest BCUT2D eigenvalue weighted by atomic mass is 10.00. The summed E-state index contributed by atoms with van der Waals surface area (Å²) in [5.74, 6) is 0.610. The molecule has 0 amide bonds. The summed E-state index contributed by atoms with van der Waals surface area (Å²) in [5.41, 5.74) is 3.35. The third-order valence-electron chi connectivity index (χ3n) is 6.28. The van der Waals surface area contributed by atoms with Crippen molar-refractivity contribution in [2.45, 2.75) is 25.2 Å². The first-order chi connectivity index (χ1) is 17.3. The number of ether oxygens (including phenoxy) is 1. The highest BCUT2D eigenvalue weighted by Crippen LogP contribution is 2.37. The molecule has 6 nitrogen and oxygen atoms in total. The van der Waals surface area contributed by atoms with E-state index in [1.807, 2.05) is 48.5 Å². The molecule has 3 aromatic carbocycles. The summed E-state index contributed by atoms with van der Waals surface area (Å²) in [5, 5.41) is 21.6. The van der Waals surface area contributed by atoms with Gasteiger partial charge in [0.2, 0.25) is 0 Å². The first-order valence-corrected chi connectivity index (χ1v) is 12.6. The highest BCUT2D eigenvalue weighted by atomic mass is 35.5. The van der Waals surface area contributed by atoms with Gasteiger partial charge in [-0.3, -0.25) is 4.90 Å². The van der Waals surface area contributed by atoms with E-state index >= 15 is 0 Å². The highest BCUT2D eigenvalue weighted by Gasteiger charge is 2.31. The maximum absolute atomic E-state index is 10.9. The van der Waals surface area contributed by atoms with Gasteiger partial charge in [-0.2, -0.15) is 0 Å². The van der Waals surface area contributed by atoms with E-state index in [2.05, 4.69) is 14.6 Å². The van der Waals surface area contributed by atoms with Crippen LogP contribution in [0.3, 0.4) is 0 Å². The van der Waals surface area contributed by atoms with Gasteiger partial charge in [0.1, 0.15) is 12.4 Å². The lowest BCUT2D eigenvalue weighted by Gasteiger charge is -2.44. The molecule has 0 unspecified atom stereocenters. The predicted molar refractivity (Wildman–Crippen MR) is 144 cm³/mol. The summed E-state index contributed by atoms with van der Waals surface area (Å²) in [6, 6.07) is 20.5. The van der Waals surface area contributed by atoms with Crippen LogP contribution in [0.2, 0.25) is 10.0 Å². The molecule has 1 heterocycles. The quantitative estimate of drug-likeness (QED) is 0.358. The van der Waals surface area contributed by atoms with Crippen molar-refractivity contribution in [3.05, 3.63) is 99.3 Å². The van der Waals surface area contributed by atoms with Crippen LogP contribution in [0.5, 0.6) is 5.75 Å². The Balaban J connectivity index is 1.54. The smallest absolute Gasteiger partial charge is 0.187 e. The van der Waals surface area contributed by atoms with Crippen molar-refractivity contribution in [1.29, 1.82) is 0 Å². The van der Waals surface area contributed by atoms with Crippen molar-refractivity contribution < 1.29 is 14.9 Å². The summed E-state index contributed by atoms with van der Waals surface area (Å²) >= 11 is 12.9. The van der Waals surface area contributed by atoms with Gasteiger partial charge in [-0.1, -0.05) is 59.6 Å². The Morgan fingerprint density at radius 2 is 1.75 bits per heavy atom. The molecule has 3 aromatic rings. The molecule has 0 bridgehead atoms. The average molecular weight is 526 g/mol. The van der Waals surface area contributed by atoms with E-state index in [0.29, 0.717) is 41.1 Å². The third kappa shape index (κ3) is 6.50. The van der Waals surface area contributed by atoms with Crippen molar-refractivity contribution in [3.63, 3.8) is 0 Å². The molecule has 0 saturated carbocycles. The van der Waals surface area contributed by atoms with Crippen LogP contribution in [0.1, 0.15) is 30.2 Å². The molecule has 1 aliphatic rings. The maximum atomic E-state index is 10.9. The van der Waals surface area contributed by atoms with Crippen LogP contribution >= 0.6 is 23.2 Å². The van der Waals surface area contributed by atoms with Gasteiger partial charge >= 0.3 is 0 Å². The zero-order valence-electron chi connectivity index (χ0n) is 20.0. The molecule has 1 aliphatic heterocycles. The Hall–Kier alpha value is -2.79. The Morgan fingerprint density at radius 3 is 2.39 bits per heavy atom. The first-order valence-electron chi connectivity index (χ1n) is 11.8. The van der Waals surface area contributed by atoms with E-state index in [1.54, 1.807) is 25.1 Å². The second kappa shape index (κ2) is 12.0. The summed E-state index contributed by atoms with van der Waals surface area (Å²) in [6.07, 6.45) is -1.22. The molecule has 4 rings (SSSR count). The van der Waals surface area contributed by atoms with Crippen molar-refractivity contribution in [2.75, 3.05) is 37.7 Å². The Kier molecular flexibility index (Phi) is 8.73. The first kappa shape index (κ1) is 26.3. The standard InChI is InChI=1S/C28H29Cl2N3O3/c1-19(34)18-36-24-11-12-26(25(30)15-24)33-14-13-32(16-27(33)20-3-7-22(29)8-4-20)17-28(35)21-5-9-23(31-2)10-6-21/h3-12,15,19,27-28,34-35H,13-14,16-18H2,1H3/t19-,27+,28+/m1/s1. The van der Waals surface area contributed by atoms with Gasteiger partial charge in [-0.05, 0) is 42.3 Å². The van der Waals surface area contributed by atoms with Gasteiger partial charge in [-0.15, -0.1) is 0 Å². The Bertz CT molecular complexity index is 1200. The fourth-order valence-electron chi connectivity index (χ4n) is 4.41. The number of rotatable bonds is 8. The summed E-state index contributed by atoms with van der Waals surface area (Å²) in [6.45, 7) is 11.6. The molecule has 0 aromatic heterocycles. The second-order valence-corrected chi connectivity index (χ2v) is 9.86. The molecule has 0 aliphatic carbocycles. The van der Waals surface area contributed by atoms with Crippen molar-refractivity contribution in [3.8, 4) is 5.75 Å². The molecule has 8 heteroatoms. The molecule has 1 saturated heterocycles. The van der Waals surface area contributed by atoms with E-state index in [0.717, 1.165) is 23.4 Å². The largest absolute Gasteiger partial charge is 0.491 e. The minimum absolute atomic E-state index is 0.00515. The Labute approximate surface area is 222 Å². The fourth-order valence-corrected chi connectivity index (χ4v) is 4.82. The zero-order valence-corrected chi connectivity index (χ0v) is 21.5. The number of hydrogen-bond acceptors (Lipinski definition) is 5. The molecule has 2 N–H and O–H groups in total. The predicted octanol–water partition coefficient (Wildman–Crippen LogP) is 5.90. The van der Waals surface area contributed by atoms with E-state index in [4.69, 9.17) is 34.5 Å². The summed E-state index contributed by atoms with van der Waals surface area (Å²) in [7, 11) is 0. The van der Waals surface area contributed by atoms with Gasteiger partial charge in [0, 0.05) is 37.3 Å². The van der Waals surface area contributed by atoms with E-state index in [-0.39, 0.29) is 12.6 Å². The monoisotopic (exact) mass is 525 g/mol. The van der Waals surface area contributed by atoms with Crippen LogP contribution in [0, 0.1) is 6.57 Å². The van der Waals surface area contributed by atoms with Gasteiger partial charge in [-0.25, -0.2) is 4.85 Å². The molecule has 188 valence electrons. The molecule has 0 radical (unpaired) electrons. The summed E-state index contributed by atoms with van der Waals surface area (Å²) in [4.78, 5) is 7.94. The van der Waals surface area contributed by atoms with Gasteiger partial charge < -0.3 is 19.8 Å². The summed E-state index contributed by atoms with van der Waals surface area (Å²) < 4.78 is 5.61.